The number of nitrogens with zero attached hydrogens (tertiary/aromatic N) is 1. The van der Waals surface area contributed by atoms with Crippen LogP contribution in [0.15, 0.2) is 18.2 Å². The Morgan fingerprint density at radius 1 is 1.25 bits per heavy atom. The fraction of sp³-hybridized carbons (Fsp3) is 0.562. The average Bonchev–Trinajstić information content (AvgIpc) is 2.48. The molecule has 0 aromatic heterocycles. The van der Waals surface area contributed by atoms with Gasteiger partial charge >= 0.3 is 0 Å². The maximum absolute atomic E-state index is 11.7. The quantitative estimate of drug-likeness (QED) is 0.847. The number of ketones is 1. The Hall–Kier alpha value is -1.55. The maximum Gasteiger partial charge on any atom is 0.138 e. The van der Waals surface area contributed by atoms with Crippen LogP contribution in [0.3, 0.4) is 0 Å². The van der Waals surface area contributed by atoms with Crippen molar-refractivity contribution in [1.82, 2.24) is 4.90 Å². The Balaban J connectivity index is 2.15. The topological polar surface area (TPSA) is 38.8 Å². The lowest BCUT2D eigenvalue weighted by Crippen LogP contribution is -2.46. The maximum atomic E-state index is 11.7. The molecule has 110 valence electrons. The summed E-state index contributed by atoms with van der Waals surface area (Å²) in [5, 5.41) is 0. The molecular formula is C16H23NO3. The first-order chi connectivity index (χ1) is 9.56. The van der Waals surface area contributed by atoms with E-state index >= 15 is 0 Å². The normalized spacial score (nSPS) is 23.7. The molecule has 4 nitrogen and oxygen atoms in total. The minimum Gasteiger partial charge on any atom is -0.497 e. The fourth-order valence-corrected chi connectivity index (χ4v) is 2.69. The summed E-state index contributed by atoms with van der Waals surface area (Å²) < 4.78 is 10.7. The van der Waals surface area contributed by atoms with Gasteiger partial charge in [-0.15, -0.1) is 0 Å². The molecule has 1 saturated heterocycles. The van der Waals surface area contributed by atoms with Gasteiger partial charge in [0.05, 0.1) is 14.2 Å². The molecule has 2 rings (SSSR count). The second kappa shape index (κ2) is 6.27. The van der Waals surface area contributed by atoms with E-state index in [1.807, 2.05) is 25.1 Å². The third kappa shape index (κ3) is 2.96. The molecule has 20 heavy (non-hydrogen) atoms. The van der Waals surface area contributed by atoms with Crippen molar-refractivity contribution in [2.75, 3.05) is 20.8 Å². The van der Waals surface area contributed by atoms with Gasteiger partial charge in [0.2, 0.25) is 0 Å². The molecule has 0 bridgehead atoms. The lowest BCUT2D eigenvalue weighted by atomic mass is 9.90. The second-order valence-corrected chi connectivity index (χ2v) is 5.39. The average molecular weight is 277 g/mol. The minimum absolute atomic E-state index is 0.105. The summed E-state index contributed by atoms with van der Waals surface area (Å²) in [4.78, 5) is 14.1. The summed E-state index contributed by atoms with van der Waals surface area (Å²) in [5.41, 5.74) is 1.13. The number of rotatable bonds is 4. The molecule has 1 aromatic carbocycles. The minimum atomic E-state index is 0.105. The van der Waals surface area contributed by atoms with Crippen LogP contribution in [-0.2, 0) is 11.3 Å². The van der Waals surface area contributed by atoms with Crippen molar-refractivity contribution >= 4 is 5.78 Å². The van der Waals surface area contributed by atoms with Gasteiger partial charge < -0.3 is 9.47 Å². The molecule has 0 saturated carbocycles. The molecule has 4 heteroatoms. The highest BCUT2D eigenvalue weighted by Crippen LogP contribution is 2.28. The van der Waals surface area contributed by atoms with Crippen LogP contribution in [0.4, 0.5) is 0 Å². The Bertz CT molecular complexity index is 487. The van der Waals surface area contributed by atoms with Gasteiger partial charge in [-0.3, -0.25) is 9.69 Å². The van der Waals surface area contributed by atoms with Crippen molar-refractivity contribution in [3.05, 3.63) is 23.8 Å². The third-order valence-electron chi connectivity index (χ3n) is 4.32. The summed E-state index contributed by atoms with van der Waals surface area (Å²) in [6.07, 6.45) is 0.643. The standard InChI is InChI=1S/C16H23NO3/c1-11-12(2)17(8-7-15(11)18)10-13-5-6-14(19-3)9-16(13)20-4/h5-6,9,11-12H,7-8,10H2,1-4H3. The molecule has 1 fully saturated rings. The van der Waals surface area contributed by atoms with Gasteiger partial charge in [-0.25, -0.2) is 0 Å². The van der Waals surface area contributed by atoms with Gasteiger partial charge in [0, 0.05) is 43.1 Å². The van der Waals surface area contributed by atoms with E-state index in [9.17, 15) is 4.79 Å². The van der Waals surface area contributed by atoms with E-state index in [4.69, 9.17) is 9.47 Å². The summed E-state index contributed by atoms with van der Waals surface area (Å²) in [6.45, 7) is 5.76. The van der Waals surface area contributed by atoms with Gasteiger partial charge in [0.15, 0.2) is 0 Å². The van der Waals surface area contributed by atoms with Crippen LogP contribution in [-0.4, -0.2) is 37.5 Å². The van der Waals surface area contributed by atoms with Gasteiger partial charge in [-0.05, 0) is 13.0 Å². The van der Waals surface area contributed by atoms with Crippen LogP contribution < -0.4 is 9.47 Å². The van der Waals surface area contributed by atoms with Crippen molar-refractivity contribution in [2.24, 2.45) is 5.92 Å². The van der Waals surface area contributed by atoms with Crippen molar-refractivity contribution in [3.8, 4) is 11.5 Å². The van der Waals surface area contributed by atoms with Gasteiger partial charge in [0.1, 0.15) is 17.3 Å². The predicted molar refractivity (Wildman–Crippen MR) is 78.2 cm³/mol. The van der Waals surface area contributed by atoms with E-state index in [0.29, 0.717) is 12.2 Å². The first-order valence-electron chi connectivity index (χ1n) is 7.04. The van der Waals surface area contributed by atoms with Crippen molar-refractivity contribution in [2.45, 2.75) is 32.9 Å². The number of piperidine rings is 1. The number of carbonyl (C=O) groups is 1. The van der Waals surface area contributed by atoms with Crippen LogP contribution in [0.25, 0.3) is 0 Å². The van der Waals surface area contributed by atoms with Gasteiger partial charge in [0.25, 0.3) is 0 Å². The Morgan fingerprint density at radius 3 is 2.65 bits per heavy atom. The van der Waals surface area contributed by atoms with Gasteiger partial charge in [-0.1, -0.05) is 13.0 Å². The Labute approximate surface area is 120 Å². The lowest BCUT2D eigenvalue weighted by molar-refractivity contribution is -0.128. The van der Waals surface area contributed by atoms with Crippen molar-refractivity contribution in [3.63, 3.8) is 0 Å². The fourth-order valence-electron chi connectivity index (χ4n) is 2.69. The highest BCUT2D eigenvalue weighted by molar-refractivity contribution is 5.82. The highest BCUT2D eigenvalue weighted by atomic mass is 16.5. The van der Waals surface area contributed by atoms with Crippen LogP contribution >= 0.6 is 0 Å². The Morgan fingerprint density at radius 2 is 2.00 bits per heavy atom. The molecule has 0 radical (unpaired) electrons. The van der Waals surface area contributed by atoms with Crippen LogP contribution in [0.5, 0.6) is 11.5 Å². The molecule has 0 amide bonds. The third-order valence-corrected chi connectivity index (χ3v) is 4.32. The zero-order chi connectivity index (χ0) is 14.7. The van der Waals surface area contributed by atoms with Crippen LogP contribution in [0.2, 0.25) is 0 Å². The van der Waals surface area contributed by atoms with E-state index < -0.39 is 0 Å². The molecule has 2 unspecified atom stereocenters. The van der Waals surface area contributed by atoms with E-state index in [0.717, 1.165) is 30.2 Å². The van der Waals surface area contributed by atoms with E-state index in [2.05, 4.69) is 11.8 Å². The molecule has 1 heterocycles. The van der Waals surface area contributed by atoms with E-state index in [1.54, 1.807) is 14.2 Å². The molecular weight excluding hydrogens is 254 g/mol. The number of carbonyl (C=O) groups excluding carboxylic acids is 1. The molecule has 0 N–H and O–H groups in total. The smallest absolute Gasteiger partial charge is 0.138 e. The number of Topliss-reactive ketones (excluding diaryl/α,β-unsaturated/α-hetero) is 1. The number of ether oxygens (including phenoxy) is 2. The number of benzene rings is 1. The summed E-state index contributed by atoms with van der Waals surface area (Å²) in [7, 11) is 3.32. The van der Waals surface area contributed by atoms with Crippen molar-refractivity contribution in [1.29, 1.82) is 0 Å². The Kier molecular flexibility index (Phi) is 4.65. The van der Waals surface area contributed by atoms with Crippen LogP contribution in [0.1, 0.15) is 25.8 Å². The highest BCUT2D eigenvalue weighted by Gasteiger charge is 2.30. The van der Waals surface area contributed by atoms with E-state index in [-0.39, 0.29) is 12.0 Å². The van der Waals surface area contributed by atoms with Crippen LogP contribution in [0, 0.1) is 5.92 Å². The first kappa shape index (κ1) is 14.9. The van der Waals surface area contributed by atoms with E-state index in [1.165, 1.54) is 0 Å². The second-order valence-electron chi connectivity index (χ2n) is 5.39. The zero-order valence-corrected chi connectivity index (χ0v) is 12.7. The molecule has 1 aliphatic heterocycles. The number of hydrogen-bond acceptors (Lipinski definition) is 4. The molecule has 1 aromatic rings. The largest absolute Gasteiger partial charge is 0.497 e. The lowest BCUT2D eigenvalue weighted by Gasteiger charge is -2.37. The first-order valence-corrected chi connectivity index (χ1v) is 7.04. The monoisotopic (exact) mass is 277 g/mol. The summed E-state index contributed by atoms with van der Waals surface area (Å²) in [6, 6.07) is 6.15. The summed E-state index contributed by atoms with van der Waals surface area (Å²) in [5.74, 6) is 2.10. The number of likely N-dealkylation sites (tertiary alicyclic amines) is 1. The summed E-state index contributed by atoms with van der Waals surface area (Å²) >= 11 is 0. The SMILES string of the molecule is COc1ccc(CN2CCC(=O)C(C)C2C)c(OC)c1. The number of methoxy groups -OCH3 is 2. The zero-order valence-electron chi connectivity index (χ0n) is 12.7. The van der Waals surface area contributed by atoms with Gasteiger partial charge in [-0.2, -0.15) is 0 Å². The molecule has 2 atom stereocenters. The van der Waals surface area contributed by atoms with Crippen molar-refractivity contribution < 1.29 is 14.3 Å². The molecule has 1 aliphatic rings. The molecule has 0 aliphatic carbocycles. The predicted octanol–water partition coefficient (Wildman–Crippen LogP) is 2.50. The molecule has 0 spiro atoms. The number of hydrogen-bond donors (Lipinski definition) is 0.